The van der Waals surface area contributed by atoms with Crippen LogP contribution in [0.4, 0.5) is 5.95 Å². The summed E-state index contributed by atoms with van der Waals surface area (Å²) in [6.45, 7) is 12.7. The molecule has 0 bridgehead atoms. The summed E-state index contributed by atoms with van der Waals surface area (Å²) >= 11 is 5.94. The first-order valence-electron chi connectivity index (χ1n) is 7.40. The Labute approximate surface area is 136 Å². The fourth-order valence-electron chi connectivity index (χ4n) is 3.20. The van der Waals surface area contributed by atoms with Crippen LogP contribution in [0.25, 0.3) is 0 Å². The zero-order valence-electron chi connectivity index (χ0n) is 13.6. The quantitative estimate of drug-likeness (QED) is 0.811. The third kappa shape index (κ3) is 4.81. The second-order valence-corrected chi connectivity index (χ2v) is 7.29. The van der Waals surface area contributed by atoms with Crippen LogP contribution < -0.4 is 15.4 Å². The number of nitrogens with one attached hydrogen (secondary N) is 2. The van der Waals surface area contributed by atoms with E-state index in [1.54, 1.807) is 6.08 Å². The van der Waals surface area contributed by atoms with Gasteiger partial charge in [0, 0.05) is 17.1 Å². The van der Waals surface area contributed by atoms with E-state index < -0.39 is 0 Å². The number of piperidine rings is 1. The van der Waals surface area contributed by atoms with Crippen LogP contribution >= 0.6 is 11.6 Å². The number of aromatic nitrogens is 3. The Balaban J connectivity index is 2.12. The predicted octanol–water partition coefficient (Wildman–Crippen LogP) is 2.81. The number of ether oxygens (including phenoxy) is 1. The van der Waals surface area contributed by atoms with Crippen molar-refractivity contribution in [2.75, 3.05) is 11.9 Å². The maximum absolute atomic E-state index is 5.94. The highest BCUT2D eigenvalue weighted by Gasteiger charge is 2.37. The van der Waals surface area contributed by atoms with E-state index >= 15 is 0 Å². The van der Waals surface area contributed by atoms with E-state index in [9.17, 15) is 0 Å². The van der Waals surface area contributed by atoms with E-state index in [4.69, 9.17) is 16.3 Å². The summed E-state index contributed by atoms with van der Waals surface area (Å²) in [6, 6.07) is 0.451. The Hall–Kier alpha value is -1.40. The fraction of sp³-hybridized carbons (Fsp3) is 0.667. The summed E-state index contributed by atoms with van der Waals surface area (Å²) in [5, 5.41) is 7.12. The number of anilines is 1. The molecular formula is C15H24ClN5O. The number of hydrogen-bond acceptors (Lipinski definition) is 6. The van der Waals surface area contributed by atoms with E-state index in [-0.39, 0.29) is 28.4 Å². The molecule has 1 aliphatic rings. The molecule has 6 nitrogen and oxygen atoms in total. The average Bonchev–Trinajstić information content (AvgIpc) is 2.31. The second-order valence-electron chi connectivity index (χ2n) is 6.95. The molecular weight excluding hydrogens is 302 g/mol. The van der Waals surface area contributed by atoms with Crippen LogP contribution in [0, 0.1) is 0 Å². The molecule has 1 saturated heterocycles. The van der Waals surface area contributed by atoms with E-state index in [1.807, 2.05) is 0 Å². The molecule has 0 radical (unpaired) electrons. The molecule has 0 atom stereocenters. The van der Waals surface area contributed by atoms with Gasteiger partial charge in [0.05, 0.1) is 0 Å². The molecule has 1 fully saturated rings. The first kappa shape index (κ1) is 17.0. The van der Waals surface area contributed by atoms with Crippen LogP contribution in [0.15, 0.2) is 12.7 Å². The lowest BCUT2D eigenvalue weighted by atomic mass is 9.80. The van der Waals surface area contributed by atoms with Gasteiger partial charge in [-0.2, -0.15) is 15.0 Å². The van der Waals surface area contributed by atoms with Crippen LogP contribution in [0.3, 0.4) is 0 Å². The molecule has 22 heavy (non-hydrogen) atoms. The molecule has 122 valence electrons. The van der Waals surface area contributed by atoms with Crippen molar-refractivity contribution in [3.05, 3.63) is 17.9 Å². The Kier molecular flexibility index (Phi) is 4.92. The number of nitrogens with zero attached hydrogens (tertiary/aromatic N) is 3. The van der Waals surface area contributed by atoms with Crippen LogP contribution in [-0.4, -0.2) is 38.7 Å². The topological polar surface area (TPSA) is 72.0 Å². The summed E-state index contributed by atoms with van der Waals surface area (Å²) in [4.78, 5) is 12.3. The highest BCUT2D eigenvalue weighted by molar-refractivity contribution is 6.28. The number of rotatable bonds is 5. The van der Waals surface area contributed by atoms with Gasteiger partial charge in [-0.05, 0) is 52.1 Å². The molecule has 7 heteroatoms. The van der Waals surface area contributed by atoms with E-state index in [0.717, 1.165) is 12.8 Å². The van der Waals surface area contributed by atoms with Gasteiger partial charge in [0.1, 0.15) is 6.61 Å². The average molecular weight is 326 g/mol. The van der Waals surface area contributed by atoms with Gasteiger partial charge in [-0.3, -0.25) is 0 Å². The molecule has 1 aromatic heterocycles. The minimum atomic E-state index is 0.0401. The molecule has 2 N–H and O–H groups in total. The van der Waals surface area contributed by atoms with Crippen molar-refractivity contribution < 1.29 is 4.74 Å². The minimum Gasteiger partial charge on any atom is -0.459 e. The molecule has 0 amide bonds. The molecule has 0 spiro atoms. The van der Waals surface area contributed by atoms with Crippen molar-refractivity contribution in [2.24, 2.45) is 0 Å². The van der Waals surface area contributed by atoms with Gasteiger partial charge in [-0.15, -0.1) is 0 Å². The largest absolute Gasteiger partial charge is 0.459 e. The lowest BCUT2D eigenvalue weighted by molar-refractivity contribution is 0.170. The summed E-state index contributed by atoms with van der Waals surface area (Å²) in [5.41, 5.74) is 0.0802. The maximum atomic E-state index is 5.94. The van der Waals surface area contributed by atoms with Crippen molar-refractivity contribution in [3.63, 3.8) is 0 Å². The van der Waals surface area contributed by atoms with Gasteiger partial charge in [0.25, 0.3) is 0 Å². The normalized spacial score (nSPS) is 20.4. The van der Waals surface area contributed by atoms with Crippen molar-refractivity contribution >= 4 is 17.5 Å². The van der Waals surface area contributed by atoms with Gasteiger partial charge in [0.15, 0.2) is 0 Å². The highest BCUT2D eigenvalue weighted by Crippen LogP contribution is 2.30. The molecule has 2 rings (SSSR count). The lowest BCUT2D eigenvalue weighted by Crippen LogP contribution is -2.60. The standard InChI is InChI=1S/C15H24ClN5O/c1-6-7-22-13-19-11(16)18-12(20-13)17-10-8-14(2,3)21-15(4,5)9-10/h6,10,21H,1,7-9H2,2-5H3,(H,17,18,19,20). The van der Waals surface area contributed by atoms with Crippen LogP contribution in [0.2, 0.25) is 5.28 Å². The Morgan fingerprint density at radius 1 is 1.27 bits per heavy atom. The smallest absolute Gasteiger partial charge is 0.322 e. The van der Waals surface area contributed by atoms with Gasteiger partial charge in [-0.1, -0.05) is 12.7 Å². The van der Waals surface area contributed by atoms with Crippen LogP contribution in [0.1, 0.15) is 40.5 Å². The molecule has 0 unspecified atom stereocenters. The Bertz CT molecular complexity index is 531. The molecule has 1 aliphatic heterocycles. The highest BCUT2D eigenvalue weighted by atomic mass is 35.5. The summed E-state index contributed by atoms with van der Waals surface area (Å²) < 4.78 is 5.33. The SMILES string of the molecule is C=CCOc1nc(Cl)nc(NC2CC(C)(C)NC(C)(C)C2)n1. The number of halogens is 1. The Morgan fingerprint density at radius 3 is 2.50 bits per heavy atom. The van der Waals surface area contributed by atoms with Crippen molar-refractivity contribution in [3.8, 4) is 6.01 Å². The summed E-state index contributed by atoms with van der Waals surface area (Å²) in [6.07, 6.45) is 3.55. The Morgan fingerprint density at radius 2 is 1.91 bits per heavy atom. The van der Waals surface area contributed by atoms with Crippen molar-refractivity contribution in [1.29, 1.82) is 0 Å². The predicted molar refractivity (Wildman–Crippen MR) is 88.5 cm³/mol. The van der Waals surface area contributed by atoms with E-state index in [1.165, 1.54) is 0 Å². The van der Waals surface area contributed by atoms with Crippen LogP contribution in [-0.2, 0) is 0 Å². The van der Waals surface area contributed by atoms with Gasteiger partial charge >= 0.3 is 6.01 Å². The third-order valence-corrected chi connectivity index (χ3v) is 3.61. The minimum absolute atomic E-state index is 0.0401. The molecule has 0 aliphatic carbocycles. The first-order chi connectivity index (χ1) is 10.2. The molecule has 1 aromatic rings. The fourth-order valence-corrected chi connectivity index (χ4v) is 3.35. The molecule has 0 saturated carbocycles. The maximum Gasteiger partial charge on any atom is 0.322 e. The third-order valence-electron chi connectivity index (χ3n) is 3.44. The molecule has 2 heterocycles. The molecule has 0 aromatic carbocycles. The van der Waals surface area contributed by atoms with E-state index in [0.29, 0.717) is 12.6 Å². The summed E-state index contributed by atoms with van der Waals surface area (Å²) in [5.74, 6) is 0.442. The zero-order chi connectivity index (χ0) is 16.4. The lowest BCUT2D eigenvalue weighted by Gasteiger charge is -2.46. The number of hydrogen-bond donors (Lipinski definition) is 2. The second kappa shape index (κ2) is 6.38. The van der Waals surface area contributed by atoms with Crippen LogP contribution in [0.5, 0.6) is 6.01 Å². The zero-order valence-corrected chi connectivity index (χ0v) is 14.4. The monoisotopic (exact) mass is 325 g/mol. The first-order valence-corrected chi connectivity index (χ1v) is 7.78. The van der Waals surface area contributed by atoms with Crippen molar-refractivity contribution in [1.82, 2.24) is 20.3 Å². The van der Waals surface area contributed by atoms with Gasteiger partial charge in [-0.25, -0.2) is 0 Å². The summed E-state index contributed by atoms with van der Waals surface area (Å²) in [7, 11) is 0. The van der Waals surface area contributed by atoms with Gasteiger partial charge < -0.3 is 15.4 Å². The van der Waals surface area contributed by atoms with E-state index in [2.05, 4.69) is 59.9 Å². The van der Waals surface area contributed by atoms with Crippen molar-refractivity contribution in [2.45, 2.75) is 57.7 Å². The van der Waals surface area contributed by atoms with Gasteiger partial charge in [0.2, 0.25) is 11.2 Å².